The van der Waals surface area contributed by atoms with Crippen LogP contribution in [-0.2, 0) is 11.3 Å². The highest BCUT2D eigenvalue weighted by Gasteiger charge is 2.18. The van der Waals surface area contributed by atoms with Crippen molar-refractivity contribution < 1.29 is 18.3 Å². The molecule has 0 bridgehead atoms. The number of hydrogen-bond donors (Lipinski definition) is 1. The molecular weight excluding hydrogens is 350 g/mol. The molecule has 0 heterocycles. The summed E-state index contributed by atoms with van der Waals surface area (Å²) in [5.41, 5.74) is 1.51. The van der Waals surface area contributed by atoms with Gasteiger partial charge in [0.1, 0.15) is 5.75 Å². The minimum absolute atomic E-state index is 0.105. The van der Waals surface area contributed by atoms with E-state index in [1.54, 1.807) is 43.3 Å². The van der Waals surface area contributed by atoms with Gasteiger partial charge >= 0.3 is 6.61 Å². The number of alkyl halides is 2. The van der Waals surface area contributed by atoms with Crippen LogP contribution in [0.25, 0.3) is 0 Å². The van der Waals surface area contributed by atoms with E-state index in [2.05, 4.69) is 10.1 Å². The Balaban J connectivity index is 1.92. The standard InChI is InChI=1S/C18H19ClF2N2O2/c1-12(17(24)22-15-5-3-4-14(19)10-15)23(2)11-13-6-8-16(9-7-13)25-18(20)21/h3-10,12,18H,11H2,1-2H3,(H,22,24)/t12-/m0/s1. The Morgan fingerprint density at radius 3 is 2.52 bits per heavy atom. The summed E-state index contributed by atoms with van der Waals surface area (Å²) in [6, 6.07) is 12.9. The van der Waals surface area contributed by atoms with Crippen molar-refractivity contribution in [2.75, 3.05) is 12.4 Å². The fourth-order valence-electron chi connectivity index (χ4n) is 2.21. The van der Waals surface area contributed by atoms with E-state index in [1.165, 1.54) is 12.1 Å². The number of ether oxygens (including phenoxy) is 1. The molecule has 0 saturated heterocycles. The molecule has 4 nitrogen and oxygen atoms in total. The highest BCUT2D eigenvalue weighted by molar-refractivity contribution is 6.30. The number of carbonyl (C=O) groups excluding carboxylic acids is 1. The summed E-state index contributed by atoms with van der Waals surface area (Å²) in [5.74, 6) is -0.0597. The maximum absolute atomic E-state index is 12.3. The second-order valence-electron chi connectivity index (χ2n) is 5.61. The summed E-state index contributed by atoms with van der Waals surface area (Å²) in [6.07, 6.45) is 0. The fraction of sp³-hybridized carbons (Fsp3) is 0.278. The maximum atomic E-state index is 12.3. The Labute approximate surface area is 150 Å². The predicted molar refractivity (Wildman–Crippen MR) is 94.1 cm³/mol. The molecule has 1 amide bonds. The van der Waals surface area contributed by atoms with Gasteiger partial charge in [-0.1, -0.05) is 29.8 Å². The number of benzene rings is 2. The lowest BCUT2D eigenvalue weighted by molar-refractivity contribution is -0.120. The smallest absolute Gasteiger partial charge is 0.387 e. The van der Waals surface area contributed by atoms with E-state index in [4.69, 9.17) is 11.6 Å². The monoisotopic (exact) mass is 368 g/mol. The number of carbonyl (C=O) groups is 1. The van der Waals surface area contributed by atoms with Crippen LogP contribution in [0.2, 0.25) is 5.02 Å². The van der Waals surface area contributed by atoms with Gasteiger partial charge in [0.25, 0.3) is 0 Å². The van der Waals surface area contributed by atoms with E-state index in [1.807, 2.05) is 11.9 Å². The first-order chi connectivity index (χ1) is 11.8. The molecule has 7 heteroatoms. The van der Waals surface area contributed by atoms with E-state index in [0.717, 1.165) is 5.56 Å². The normalized spacial score (nSPS) is 12.3. The lowest BCUT2D eigenvalue weighted by atomic mass is 10.1. The highest BCUT2D eigenvalue weighted by Crippen LogP contribution is 2.18. The van der Waals surface area contributed by atoms with Crippen LogP contribution in [0.3, 0.4) is 0 Å². The summed E-state index contributed by atoms with van der Waals surface area (Å²) in [6.45, 7) is -0.573. The van der Waals surface area contributed by atoms with Crippen molar-refractivity contribution in [3.8, 4) is 5.75 Å². The minimum atomic E-state index is -2.84. The number of halogens is 3. The number of rotatable bonds is 7. The van der Waals surface area contributed by atoms with Crippen LogP contribution >= 0.6 is 11.6 Å². The lowest BCUT2D eigenvalue weighted by Crippen LogP contribution is -2.39. The average molecular weight is 369 g/mol. The van der Waals surface area contributed by atoms with Crippen molar-refractivity contribution in [2.24, 2.45) is 0 Å². The molecule has 0 fully saturated rings. The molecule has 2 aromatic carbocycles. The molecule has 0 aliphatic heterocycles. The lowest BCUT2D eigenvalue weighted by Gasteiger charge is -2.24. The van der Waals surface area contributed by atoms with Crippen molar-refractivity contribution >= 4 is 23.2 Å². The largest absolute Gasteiger partial charge is 0.435 e. The Morgan fingerprint density at radius 2 is 1.92 bits per heavy atom. The quantitative estimate of drug-likeness (QED) is 0.787. The zero-order valence-electron chi connectivity index (χ0n) is 13.9. The van der Waals surface area contributed by atoms with Gasteiger partial charge in [0.15, 0.2) is 0 Å². The van der Waals surface area contributed by atoms with Crippen molar-refractivity contribution in [3.05, 3.63) is 59.1 Å². The number of anilines is 1. The van der Waals surface area contributed by atoms with Crippen molar-refractivity contribution in [1.29, 1.82) is 0 Å². The van der Waals surface area contributed by atoms with Gasteiger partial charge in [-0.15, -0.1) is 0 Å². The molecule has 1 atom stereocenters. The van der Waals surface area contributed by atoms with Crippen molar-refractivity contribution in [2.45, 2.75) is 26.1 Å². The topological polar surface area (TPSA) is 41.6 Å². The molecule has 0 spiro atoms. The van der Waals surface area contributed by atoms with Crippen LogP contribution in [0.5, 0.6) is 5.75 Å². The Kier molecular flexibility index (Phi) is 6.73. The highest BCUT2D eigenvalue weighted by atomic mass is 35.5. The van der Waals surface area contributed by atoms with Gasteiger partial charge in [-0.3, -0.25) is 9.69 Å². The predicted octanol–water partition coefficient (Wildman–Crippen LogP) is 4.40. The molecule has 1 N–H and O–H groups in total. The third-order valence-corrected chi connectivity index (χ3v) is 3.95. The first-order valence-corrected chi connectivity index (χ1v) is 8.03. The molecule has 0 unspecified atom stereocenters. The van der Waals surface area contributed by atoms with E-state index in [9.17, 15) is 13.6 Å². The number of nitrogens with one attached hydrogen (secondary N) is 1. The number of nitrogens with zero attached hydrogens (tertiary/aromatic N) is 1. The number of likely N-dealkylation sites (N-methyl/N-ethyl adjacent to an activating group) is 1. The van der Waals surface area contributed by atoms with E-state index < -0.39 is 12.7 Å². The zero-order chi connectivity index (χ0) is 18.4. The van der Waals surface area contributed by atoms with Gasteiger partial charge in [0.2, 0.25) is 5.91 Å². The van der Waals surface area contributed by atoms with E-state index in [0.29, 0.717) is 17.3 Å². The first kappa shape index (κ1) is 19.1. The number of hydrogen-bond acceptors (Lipinski definition) is 3. The molecule has 0 aliphatic rings. The zero-order valence-corrected chi connectivity index (χ0v) is 14.6. The Morgan fingerprint density at radius 1 is 1.24 bits per heavy atom. The molecule has 2 aromatic rings. The molecule has 134 valence electrons. The van der Waals surface area contributed by atoms with Crippen molar-refractivity contribution in [3.63, 3.8) is 0 Å². The molecule has 0 aromatic heterocycles. The van der Waals surface area contributed by atoms with Crippen LogP contribution in [0.4, 0.5) is 14.5 Å². The summed E-state index contributed by atoms with van der Waals surface area (Å²) in [5, 5.41) is 3.36. The van der Waals surface area contributed by atoms with Gasteiger partial charge in [-0.25, -0.2) is 0 Å². The summed E-state index contributed by atoms with van der Waals surface area (Å²) >= 11 is 5.90. The summed E-state index contributed by atoms with van der Waals surface area (Å²) < 4.78 is 28.6. The van der Waals surface area contributed by atoms with Crippen LogP contribution in [0.1, 0.15) is 12.5 Å². The average Bonchev–Trinajstić information content (AvgIpc) is 2.55. The number of amides is 1. The van der Waals surface area contributed by atoms with Gasteiger partial charge in [-0.2, -0.15) is 8.78 Å². The van der Waals surface area contributed by atoms with Gasteiger partial charge in [0.05, 0.1) is 6.04 Å². The van der Waals surface area contributed by atoms with Crippen molar-refractivity contribution in [1.82, 2.24) is 4.90 Å². The maximum Gasteiger partial charge on any atom is 0.387 e. The third-order valence-electron chi connectivity index (χ3n) is 3.71. The van der Waals surface area contributed by atoms with Gasteiger partial charge < -0.3 is 10.1 Å². The SMILES string of the molecule is C[C@@H](C(=O)Nc1cccc(Cl)c1)N(C)Cc1ccc(OC(F)F)cc1. The molecule has 0 radical (unpaired) electrons. The van der Waals surface area contributed by atoms with Gasteiger partial charge in [0, 0.05) is 17.3 Å². The van der Waals surface area contributed by atoms with Crippen LogP contribution < -0.4 is 10.1 Å². The first-order valence-electron chi connectivity index (χ1n) is 7.65. The third kappa shape index (κ3) is 5.99. The molecule has 25 heavy (non-hydrogen) atoms. The molecule has 0 saturated carbocycles. The van der Waals surface area contributed by atoms with Gasteiger partial charge in [-0.05, 0) is 49.9 Å². The summed E-state index contributed by atoms with van der Waals surface area (Å²) in [7, 11) is 1.81. The molecule has 0 aliphatic carbocycles. The second kappa shape index (κ2) is 8.78. The summed E-state index contributed by atoms with van der Waals surface area (Å²) in [4.78, 5) is 14.2. The van der Waals surface area contributed by atoms with Crippen LogP contribution in [0.15, 0.2) is 48.5 Å². The van der Waals surface area contributed by atoms with E-state index >= 15 is 0 Å². The fourth-order valence-corrected chi connectivity index (χ4v) is 2.40. The van der Waals surface area contributed by atoms with Crippen LogP contribution in [-0.4, -0.2) is 30.5 Å². The Bertz CT molecular complexity index is 710. The Hall–Kier alpha value is -2.18. The minimum Gasteiger partial charge on any atom is -0.435 e. The second-order valence-corrected chi connectivity index (χ2v) is 6.05. The molecular formula is C18H19ClF2N2O2. The van der Waals surface area contributed by atoms with E-state index in [-0.39, 0.29) is 11.7 Å². The van der Waals surface area contributed by atoms with Crippen LogP contribution in [0, 0.1) is 0 Å². The molecule has 2 rings (SSSR count).